The van der Waals surface area contributed by atoms with E-state index >= 15 is 0 Å². The molecule has 0 saturated carbocycles. The summed E-state index contributed by atoms with van der Waals surface area (Å²) >= 11 is 2.98. The van der Waals surface area contributed by atoms with Crippen LogP contribution >= 0.6 is 45.2 Å². The average Bonchev–Trinajstić information content (AvgIpc) is 1.97. The Morgan fingerprint density at radius 1 is 0.909 bits per heavy atom. The highest BCUT2D eigenvalue weighted by Gasteiger charge is 2.13. The summed E-state index contributed by atoms with van der Waals surface area (Å²) in [5.74, 6) is -2.55. The Morgan fingerprint density at radius 2 is 1.27 bits per heavy atom. The summed E-state index contributed by atoms with van der Waals surface area (Å²) in [6.45, 7) is 0. The van der Waals surface area contributed by atoms with Crippen LogP contribution in [-0.2, 0) is 0 Å². The van der Waals surface area contributed by atoms with E-state index < -0.39 is 17.5 Å². The van der Waals surface area contributed by atoms with Crippen molar-refractivity contribution in [3.05, 3.63) is 30.7 Å². The van der Waals surface area contributed by atoms with Crippen LogP contribution in [0.2, 0.25) is 0 Å². The Morgan fingerprint density at radius 3 is 1.64 bits per heavy atom. The number of rotatable bonds is 0. The molecule has 0 nitrogen and oxygen atoms in total. The van der Waals surface area contributed by atoms with Crippen molar-refractivity contribution in [1.29, 1.82) is 0 Å². The van der Waals surface area contributed by atoms with E-state index in [0.717, 1.165) is 0 Å². The van der Waals surface area contributed by atoms with Gasteiger partial charge in [-0.2, -0.15) is 0 Å². The fourth-order valence-electron chi connectivity index (χ4n) is 0.544. The number of hydrogen-bond acceptors (Lipinski definition) is 0. The third-order valence-electron chi connectivity index (χ3n) is 1.06. The van der Waals surface area contributed by atoms with Crippen molar-refractivity contribution in [1.82, 2.24) is 0 Å². The first-order valence-corrected chi connectivity index (χ1v) is 4.68. The molecule has 0 fully saturated rings. The molecule has 0 atom stereocenters. The minimum absolute atomic E-state index is 0.173. The number of halogens is 5. The molecular formula is C6HF3I2. The van der Waals surface area contributed by atoms with Gasteiger partial charge in [0.1, 0.15) is 11.6 Å². The summed E-state index contributed by atoms with van der Waals surface area (Å²) in [5.41, 5.74) is 0. The Bertz CT molecular complexity index is 272. The molecule has 60 valence electrons. The Kier molecular flexibility index (Phi) is 3.01. The molecule has 0 N–H and O–H groups in total. The van der Waals surface area contributed by atoms with Crippen LogP contribution in [0.25, 0.3) is 0 Å². The molecule has 0 saturated heterocycles. The molecule has 1 aromatic carbocycles. The summed E-state index contributed by atoms with van der Waals surface area (Å²) in [6, 6.07) is 0.673. The van der Waals surface area contributed by atoms with Crippen LogP contribution in [0, 0.1) is 24.6 Å². The van der Waals surface area contributed by atoms with Gasteiger partial charge in [0, 0.05) is 6.07 Å². The zero-order valence-electron chi connectivity index (χ0n) is 4.97. The summed E-state index contributed by atoms with van der Waals surface area (Å²) in [6.07, 6.45) is 0. The summed E-state index contributed by atoms with van der Waals surface area (Å²) in [4.78, 5) is 0. The van der Waals surface area contributed by atoms with E-state index in [1.54, 1.807) is 0 Å². The molecule has 5 heteroatoms. The predicted molar refractivity (Wildman–Crippen MR) is 51.8 cm³/mol. The number of hydrogen-bond donors (Lipinski definition) is 0. The maximum absolute atomic E-state index is 12.8. The quantitative estimate of drug-likeness (QED) is 0.366. The highest BCUT2D eigenvalue weighted by molar-refractivity contribution is 14.1. The Labute approximate surface area is 88.5 Å². The van der Waals surface area contributed by atoms with Gasteiger partial charge >= 0.3 is 0 Å². The van der Waals surface area contributed by atoms with Gasteiger partial charge in [-0.1, -0.05) is 0 Å². The molecule has 0 heterocycles. The van der Waals surface area contributed by atoms with Gasteiger partial charge in [0.05, 0.1) is 7.14 Å². The van der Waals surface area contributed by atoms with Crippen molar-refractivity contribution in [2.24, 2.45) is 0 Å². The lowest BCUT2D eigenvalue weighted by Crippen LogP contribution is -1.96. The zero-order chi connectivity index (χ0) is 8.59. The minimum atomic E-state index is -0.860. The maximum Gasteiger partial charge on any atom is 0.155 e. The highest BCUT2D eigenvalue weighted by atomic mass is 127. The van der Waals surface area contributed by atoms with Gasteiger partial charge in [0.15, 0.2) is 5.82 Å². The minimum Gasteiger partial charge on any atom is -0.206 e. The monoisotopic (exact) mass is 384 g/mol. The normalized spacial score (nSPS) is 10.3. The van der Waals surface area contributed by atoms with Gasteiger partial charge in [-0.15, -0.1) is 0 Å². The van der Waals surface area contributed by atoms with E-state index in [9.17, 15) is 13.2 Å². The fourth-order valence-corrected chi connectivity index (χ4v) is 1.91. The summed E-state index contributed by atoms with van der Waals surface area (Å²) in [5, 5.41) is 0. The molecular weight excluding hydrogens is 383 g/mol. The van der Waals surface area contributed by atoms with Gasteiger partial charge < -0.3 is 0 Å². The molecule has 0 radical (unpaired) electrons. The maximum atomic E-state index is 12.8. The van der Waals surface area contributed by atoms with E-state index in [1.165, 1.54) is 45.2 Å². The van der Waals surface area contributed by atoms with Crippen LogP contribution in [0.3, 0.4) is 0 Å². The molecule has 0 aliphatic heterocycles. The highest BCUT2D eigenvalue weighted by Crippen LogP contribution is 2.22. The van der Waals surface area contributed by atoms with Crippen molar-refractivity contribution in [3.63, 3.8) is 0 Å². The Balaban J connectivity index is 3.46. The molecule has 0 spiro atoms. The van der Waals surface area contributed by atoms with Crippen LogP contribution in [-0.4, -0.2) is 0 Å². The van der Waals surface area contributed by atoms with Gasteiger partial charge in [0.2, 0.25) is 0 Å². The van der Waals surface area contributed by atoms with Gasteiger partial charge in [0.25, 0.3) is 0 Å². The van der Waals surface area contributed by atoms with Crippen molar-refractivity contribution in [2.75, 3.05) is 0 Å². The van der Waals surface area contributed by atoms with E-state index in [4.69, 9.17) is 0 Å². The van der Waals surface area contributed by atoms with Gasteiger partial charge in [-0.05, 0) is 45.2 Å². The van der Waals surface area contributed by atoms with Crippen molar-refractivity contribution >= 4 is 45.2 Å². The van der Waals surface area contributed by atoms with E-state index in [0.29, 0.717) is 6.07 Å². The first kappa shape index (κ1) is 9.56. The van der Waals surface area contributed by atoms with Crippen LogP contribution in [0.4, 0.5) is 13.2 Å². The van der Waals surface area contributed by atoms with E-state index in [2.05, 4.69) is 0 Å². The fraction of sp³-hybridized carbons (Fsp3) is 0. The average molecular weight is 384 g/mol. The summed E-state index contributed by atoms with van der Waals surface area (Å²) in [7, 11) is 0. The predicted octanol–water partition coefficient (Wildman–Crippen LogP) is 3.31. The molecule has 0 amide bonds. The van der Waals surface area contributed by atoms with Gasteiger partial charge in [-0.3, -0.25) is 0 Å². The third kappa shape index (κ3) is 1.79. The second-order valence-corrected chi connectivity index (χ2v) is 3.94. The molecule has 0 aliphatic rings. The first-order valence-electron chi connectivity index (χ1n) is 2.52. The second kappa shape index (κ2) is 3.46. The largest absolute Gasteiger partial charge is 0.206 e. The van der Waals surface area contributed by atoms with Crippen LogP contribution in [0.1, 0.15) is 0 Å². The molecule has 11 heavy (non-hydrogen) atoms. The van der Waals surface area contributed by atoms with Crippen molar-refractivity contribution in [3.8, 4) is 0 Å². The van der Waals surface area contributed by atoms with Crippen LogP contribution in [0.5, 0.6) is 0 Å². The standard InChI is InChI=1S/C6HF3I2/c7-2-1-3(8)6(11)4(9)5(2)10/h1H. The van der Waals surface area contributed by atoms with Crippen LogP contribution in [0.15, 0.2) is 6.07 Å². The molecule has 0 bridgehead atoms. The SMILES string of the molecule is Fc1cc(F)c(I)c(F)c1I. The lowest BCUT2D eigenvalue weighted by atomic mass is 10.3. The Hall–Kier alpha value is 0.470. The summed E-state index contributed by atoms with van der Waals surface area (Å²) < 4.78 is 37.5. The van der Waals surface area contributed by atoms with E-state index in [-0.39, 0.29) is 7.14 Å². The van der Waals surface area contributed by atoms with Crippen molar-refractivity contribution in [2.45, 2.75) is 0 Å². The first-order chi connectivity index (χ1) is 5.04. The molecule has 1 rings (SSSR count). The zero-order valence-corrected chi connectivity index (χ0v) is 9.28. The lowest BCUT2D eigenvalue weighted by Gasteiger charge is -1.99. The smallest absolute Gasteiger partial charge is 0.155 e. The van der Waals surface area contributed by atoms with Crippen LogP contribution < -0.4 is 0 Å². The van der Waals surface area contributed by atoms with E-state index in [1.807, 2.05) is 0 Å². The molecule has 0 unspecified atom stereocenters. The second-order valence-electron chi connectivity index (χ2n) is 1.78. The number of benzene rings is 1. The molecule has 1 aromatic rings. The van der Waals surface area contributed by atoms with Crippen molar-refractivity contribution < 1.29 is 13.2 Å². The third-order valence-corrected chi connectivity index (χ3v) is 3.04. The lowest BCUT2D eigenvalue weighted by molar-refractivity contribution is 0.525. The topological polar surface area (TPSA) is 0 Å². The van der Waals surface area contributed by atoms with Gasteiger partial charge in [-0.25, -0.2) is 13.2 Å². The molecule has 0 aliphatic carbocycles. The molecule has 0 aromatic heterocycles.